The molecular weight excluding hydrogens is 248 g/mol. The van der Waals surface area contributed by atoms with Crippen LogP contribution in [0.5, 0.6) is 0 Å². The first-order chi connectivity index (χ1) is 8.42. The van der Waals surface area contributed by atoms with Crippen LogP contribution in [0.1, 0.15) is 26.3 Å². The van der Waals surface area contributed by atoms with Gasteiger partial charge in [-0.25, -0.2) is 4.79 Å². The summed E-state index contributed by atoms with van der Waals surface area (Å²) in [6.45, 7) is 7.68. The topological polar surface area (TPSA) is 41.6 Å². The summed E-state index contributed by atoms with van der Waals surface area (Å²) in [7, 11) is 1.64. The molecule has 18 heavy (non-hydrogen) atoms. The number of carbonyl (C=O) groups is 1. The molecule has 0 fully saturated rings. The van der Waals surface area contributed by atoms with E-state index in [1.807, 2.05) is 32.2 Å². The molecule has 1 aromatic heterocycles. The molecule has 1 heterocycles. The lowest BCUT2D eigenvalue weighted by Gasteiger charge is -2.28. The van der Waals surface area contributed by atoms with E-state index in [0.717, 1.165) is 5.56 Å². The Labute approximate surface area is 113 Å². The van der Waals surface area contributed by atoms with Crippen LogP contribution in [0.3, 0.4) is 0 Å². The third kappa shape index (κ3) is 5.51. The maximum absolute atomic E-state index is 12.2. The summed E-state index contributed by atoms with van der Waals surface area (Å²) in [5.74, 6) is 0. The molecular formula is C13H22N2O2S. The van der Waals surface area contributed by atoms with E-state index in [1.54, 1.807) is 23.3 Å². The second-order valence-corrected chi connectivity index (χ2v) is 6.01. The van der Waals surface area contributed by atoms with Crippen molar-refractivity contribution in [2.75, 3.05) is 20.3 Å². The van der Waals surface area contributed by atoms with Crippen LogP contribution in [0.25, 0.3) is 0 Å². The van der Waals surface area contributed by atoms with Crippen molar-refractivity contribution in [2.45, 2.75) is 32.9 Å². The van der Waals surface area contributed by atoms with E-state index in [1.165, 1.54) is 0 Å². The van der Waals surface area contributed by atoms with Gasteiger partial charge in [0.1, 0.15) is 0 Å². The predicted octanol–water partition coefficient (Wildman–Crippen LogP) is 2.70. The molecule has 0 aliphatic heterocycles. The minimum absolute atomic E-state index is 0.0502. The number of ether oxygens (including phenoxy) is 1. The summed E-state index contributed by atoms with van der Waals surface area (Å²) in [5.41, 5.74) is 0.928. The monoisotopic (exact) mass is 270 g/mol. The average Bonchev–Trinajstić information content (AvgIpc) is 2.74. The zero-order chi connectivity index (χ0) is 13.6. The highest BCUT2D eigenvalue weighted by atomic mass is 32.1. The van der Waals surface area contributed by atoms with E-state index < -0.39 is 0 Å². The van der Waals surface area contributed by atoms with Crippen molar-refractivity contribution in [1.29, 1.82) is 0 Å². The Hall–Kier alpha value is -1.07. The number of methoxy groups -OCH3 is 1. The lowest BCUT2D eigenvalue weighted by atomic mass is 10.1. The molecule has 2 amide bonds. The highest BCUT2D eigenvalue weighted by molar-refractivity contribution is 7.07. The second kappa shape index (κ2) is 6.75. The van der Waals surface area contributed by atoms with Crippen LogP contribution in [-0.4, -0.2) is 36.7 Å². The maximum Gasteiger partial charge on any atom is 0.318 e. The normalized spacial score (nSPS) is 11.3. The zero-order valence-electron chi connectivity index (χ0n) is 11.5. The van der Waals surface area contributed by atoms with Gasteiger partial charge in [0.25, 0.3) is 0 Å². The molecule has 0 aliphatic carbocycles. The van der Waals surface area contributed by atoms with Gasteiger partial charge in [0.05, 0.1) is 6.61 Å². The molecule has 0 saturated heterocycles. The zero-order valence-corrected chi connectivity index (χ0v) is 12.3. The molecule has 0 bridgehead atoms. The predicted molar refractivity (Wildman–Crippen MR) is 74.9 cm³/mol. The van der Waals surface area contributed by atoms with Crippen LogP contribution in [0.15, 0.2) is 16.8 Å². The fourth-order valence-corrected chi connectivity index (χ4v) is 2.12. The molecule has 0 radical (unpaired) electrons. The van der Waals surface area contributed by atoms with E-state index in [-0.39, 0.29) is 11.6 Å². The van der Waals surface area contributed by atoms with Gasteiger partial charge in [-0.3, -0.25) is 0 Å². The van der Waals surface area contributed by atoms with Crippen LogP contribution < -0.4 is 5.32 Å². The van der Waals surface area contributed by atoms with Gasteiger partial charge < -0.3 is 15.0 Å². The van der Waals surface area contributed by atoms with Gasteiger partial charge in [-0.15, -0.1) is 0 Å². The number of carbonyl (C=O) groups excluding carboxylic acids is 1. The number of amides is 2. The van der Waals surface area contributed by atoms with Crippen molar-refractivity contribution in [3.63, 3.8) is 0 Å². The number of hydrogen-bond acceptors (Lipinski definition) is 3. The Balaban J connectivity index is 2.62. The number of urea groups is 1. The van der Waals surface area contributed by atoms with Gasteiger partial charge in [-0.05, 0) is 43.2 Å². The maximum atomic E-state index is 12.2. The van der Waals surface area contributed by atoms with Crippen molar-refractivity contribution in [1.82, 2.24) is 10.2 Å². The van der Waals surface area contributed by atoms with Crippen molar-refractivity contribution in [3.05, 3.63) is 22.4 Å². The number of rotatable bonds is 5. The SMILES string of the molecule is COCCN(Cc1ccsc1)C(=O)NC(C)(C)C. The fourth-order valence-electron chi connectivity index (χ4n) is 1.46. The highest BCUT2D eigenvalue weighted by Crippen LogP contribution is 2.10. The molecule has 1 rings (SSSR count). The number of nitrogens with one attached hydrogen (secondary N) is 1. The first kappa shape index (κ1) is 15.0. The Morgan fingerprint density at radius 2 is 2.22 bits per heavy atom. The molecule has 4 nitrogen and oxygen atoms in total. The van der Waals surface area contributed by atoms with Gasteiger partial charge >= 0.3 is 6.03 Å². The average molecular weight is 270 g/mol. The summed E-state index contributed by atoms with van der Waals surface area (Å²) in [5, 5.41) is 7.05. The van der Waals surface area contributed by atoms with Gasteiger partial charge in [-0.2, -0.15) is 11.3 Å². The minimum Gasteiger partial charge on any atom is -0.383 e. The Morgan fingerprint density at radius 1 is 1.50 bits per heavy atom. The van der Waals surface area contributed by atoms with Crippen LogP contribution >= 0.6 is 11.3 Å². The minimum atomic E-state index is -0.225. The van der Waals surface area contributed by atoms with Crippen LogP contribution in [-0.2, 0) is 11.3 Å². The molecule has 0 unspecified atom stereocenters. The van der Waals surface area contributed by atoms with E-state index in [4.69, 9.17) is 4.74 Å². The first-order valence-corrected chi connectivity index (χ1v) is 6.94. The Morgan fingerprint density at radius 3 is 2.72 bits per heavy atom. The van der Waals surface area contributed by atoms with E-state index in [9.17, 15) is 4.79 Å². The molecule has 0 spiro atoms. The summed E-state index contributed by atoms with van der Waals surface area (Å²) < 4.78 is 5.05. The van der Waals surface area contributed by atoms with E-state index in [0.29, 0.717) is 19.7 Å². The lowest BCUT2D eigenvalue weighted by molar-refractivity contribution is 0.142. The van der Waals surface area contributed by atoms with Crippen molar-refractivity contribution in [3.8, 4) is 0 Å². The molecule has 1 aromatic rings. The molecule has 0 atom stereocenters. The van der Waals surface area contributed by atoms with Crippen LogP contribution in [0.4, 0.5) is 4.79 Å². The number of hydrogen-bond donors (Lipinski definition) is 1. The summed E-state index contributed by atoms with van der Waals surface area (Å²) in [4.78, 5) is 13.9. The standard InChI is InChI=1S/C13H22N2O2S/c1-13(2,3)14-12(16)15(6-7-17-4)9-11-5-8-18-10-11/h5,8,10H,6-7,9H2,1-4H3,(H,14,16). The van der Waals surface area contributed by atoms with Gasteiger partial charge in [0.2, 0.25) is 0 Å². The van der Waals surface area contributed by atoms with Crippen molar-refractivity contribution in [2.24, 2.45) is 0 Å². The highest BCUT2D eigenvalue weighted by Gasteiger charge is 2.19. The third-order valence-corrected chi connectivity index (χ3v) is 3.02. The number of thiophene rings is 1. The summed E-state index contributed by atoms with van der Waals surface area (Å²) in [6, 6.07) is 1.99. The fraction of sp³-hybridized carbons (Fsp3) is 0.615. The van der Waals surface area contributed by atoms with Crippen molar-refractivity contribution >= 4 is 17.4 Å². The lowest BCUT2D eigenvalue weighted by Crippen LogP contribution is -2.49. The Kier molecular flexibility index (Phi) is 5.62. The van der Waals surface area contributed by atoms with Crippen molar-refractivity contribution < 1.29 is 9.53 Å². The summed E-state index contributed by atoms with van der Waals surface area (Å²) >= 11 is 1.64. The quantitative estimate of drug-likeness (QED) is 0.894. The second-order valence-electron chi connectivity index (χ2n) is 5.23. The van der Waals surface area contributed by atoms with Gasteiger partial charge in [-0.1, -0.05) is 0 Å². The molecule has 0 saturated carbocycles. The third-order valence-electron chi connectivity index (χ3n) is 2.29. The van der Waals surface area contributed by atoms with E-state index >= 15 is 0 Å². The smallest absolute Gasteiger partial charge is 0.318 e. The Bertz CT molecular complexity index is 358. The van der Waals surface area contributed by atoms with Gasteiger partial charge in [0.15, 0.2) is 0 Å². The van der Waals surface area contributed by atoms with E-state index in [2.05, 4.69) is 10.7 Å². The molecule has 0 aromatic carbocycles. The summed E-state index contributed by atoms with van der Waals surface area (Å²) in [6.07, 6.45) is 0. The molecule has 102 valence electrons. The molecule has 5 heteroatoms. The largest absolute Gasteiger partial charge is 0.383 e. The molecule has 1 N–H and O–H groups in total. The molecule has 0 aliphatic rings. The van der Waals surface area contributed by atoms with Gasteiger partial charge in [0, 0.05) is 25.7 Å². The first-order valence-electron chi connectivity index (χ1n) is 5.99. The van der Waals surface area contributed by atoms with Crippen LogP contribution in [0.2, 0.25) is 0 Å². The number of nitrogens with zero attached hydrogens (tertiary/aromatic N) is 1. The van der Waals surface area contributed by atoms with Crippen LogP contribution in [0, 0.1) is 0 Å².